The molecular formula is C12H20N2O2. The highest BCUT2D eigenvalue weighted by molar-refractivity contribution is 5.53. The molecule has 0 aromatic carbocycles. The van der Waals surface area contributed by atoms with Gasteiger partial charge in [0.1, 0.15) is 0 Å². The predicted molar refractivity (Wildman–Crippen MR) is 64.3 cm³/mol. The first-order valence-electron chi connectivity index (χ1n) is 5.44. The number of methoxy groups -OCH3 is 1. The summed E-state index contributed by atoms with van der Waals surface area (Å²) in [5.41, 5.74) is 9.68. The lowest BCUT2D eigenvalue weighted by Crippen LogP contribution is -2.05. The number of aromatic nitrogens is 1. The van der Waals surface area contributed by atoms with Crippen molar-refractivity contribution < 1.29 is 9.47 Å². The summed E-state index contributed by atoms with van der Waals surface area (Å²) in [4.78, 5) is 4.32. The smallest absolute Gasteiger partial charge is 0.0891 e. The van der Waals surface area contributed by atoms with E-state index in [9.17, 15) is 0 Å². The second-order valence-electron chi connectivity index (χ2n) is 3.83. The van der Waals surface area contributed by atoms with E-state index in [2.05, 4.69) is 4.98 Å². The predicted octanol–water partition coefficient (Wildman–Crippen LogP) is 1.83. The number of pyridine rings is 1. The van der Waals surface area contributed by atoms with Gasteiger partial charge in [0.2, 0.25) is 0 Å². The van der Waals surface area contributed by atoms with Crippen molar-refractivity contribution in [2.75, 3.05) is 26.1 Å². The topological polar surface area (TPSA) is 57.4 Å². The number of aryl methyl sites for hydroxylation is 1. The van der Waals surface area contributed by atoms with E-state index in [0.29, 0.717) is 13.2 Å². The highest BCUT2D eigenvalue weighted by atomic mass is 16.5. The SMILES string of the molecule is COCCCOCc1ncc(C)c(N)c1C. The Morgan fingerprint density at radius 3 is 2.75 bits per heavy atom. The summed E-state index contributed by atoms with van der Waals surface area (Å²) in [6, 6.07) is 0. The quantitative estimate of drug-likeness (QED) is 0.749. The van der Waals surface area contributed by atoms with Gasteiger partial charge in [-0.1, -0.05) is 0 Å². The van der Waals surface area contributed by atoms with E-state index in [1.807, 2.05) is 13.8 Å². The Morgan fingerprint density at radius 1 is 1.31 bits per heavy atom. The molecule has 1 rings (SSSR count). The van der Waals surface area contributed by atoms with Gasteiger partial charge in [0.05, 0.1) is 12.3 Å². The zero-order valence-corrected chi connectivity index (χ0v) is 10.2. The number of anilines is 1. The van der Waals surface area contributed by atoms with E-state index in [-0.39, 0.29) is 0 Å². The van der Waals surface area contributed by atoms with Crippen molar-refractivity contribution in [3.05, 3.63) is 23.0 Å². The van der Waals surface area contributed by atoms with Crippen LogP contribution in [0.1, 0.15) is 23.2 Å². The molecule has 4 heteroatoms. The molecule has 0 saturated heterocycles. The summed E-state index contributed by atoms with van der Waals surface area (Å²) in [5, 5.41) is 0. The lowest BCUT2D eigenvalue weighted by atomic mass is 10.1. The third-order valence-electron chi connectivity index (χ3n) is 2.55. The molecule has 4 nitrogen and oxygen atoms in total. The number of nitrogen functional groups attached to an aromatic ring is 1. The fourth-order valence-corrected chi connectivity index (χ4v) is 1.41. The van der Waals surface area contributed by atoms with Gasteiger partial charge < -0.3 is 15.2 Å². The molecule has 90 valence electrons. The first-order valence-corrected chi connectivity index (χ1v) is 5.44. The van der Waals surface area contributed by atoms with Crippen LogP contribution >= 0.6 is 0 Å². The molecule has 2 N–H and O–H groups in total. The van der Waals surface area contributed by atoms with Crippen molar-refractivity contribution in [3.63, 3.8) is 0 Å². The van der Waals surface area contributed by atoms with Crippen LogP contribution in [0.5, 0.6) is 0 Å². The van der Waals surface area contributed by atoms with Crippen LogP contribution in [0.3, 0.4) is 0 Å². The highest BCUT2D eigenvalue weighted by Crippen LogP contribution is 2.18. The van der Waals surface area contributed by atoms with Gasteiger partial charge in [-0.05, 0) is 31.4 Å². The van der Waals surface area contributed by atoms with Crippen LogP contribution in [0.2, 0.25) is 0 Å². The number of ether oxygens (including phenoxy) is 2. The molecule has 0 aliphatic rings. The second-order valence-corrected chi connectivity index (χ2v) is 3.83. The number of nitrogens with two attached hydrogens (primary N) is 1. The van der Waals surface area contributed by atoms with E-state index in [0.717, 1.165) is 35.5 Å². The van der Waals surface area contributed by atoms with E-state index in [1.165, 1.54) is 0 Å². The van der Waals surface area contributed by atoms with Gasteiger partial charge in [0.25, 0.3) is 0 Å². The van der Waals surface area contributed by atoms with Crippen LogP contribution in [0.4, 0.5) is 5.69 Å². The molecule has 0 bridgehead atoms. The molecule has 1 aromatic rings. The lowest BCUT2D eigenvalue weighted by Gasteiger charge is -2.10. The van der Waals surface area contributed by atoms with Crippen molar-refractivity contribution in [2.45, 2.75) is 26.9 Å². The summed E-state index contributed by atoms with van der Waals surface area (Å²) in [6.07, 6.45) is 2.69. The third kappa shape index (κ3) is 3.47. The molecular weight excluding hydrogens is 204 g/mol. The van der Waals surface area contributed by atoms with Crippen LogP contribution in [0.25, 0.3) is 0 Å². The van der Waals surface area contributed by atoms with Crippen molar-refractivity contribution in [1.29, 1.82) is 0 Å². The van der Waals surface area contributed by atoms with Crippen molar-refractivity contribution >= 4 is 5.69 Å². The average Bonchev–Trinajstić information content (AvgIpc) is 2.28. The van der Waals surface area contributed by atoms with E-state index >= 15 is 0 Å². The van der Waals surface area contributed by atoms with Gasteiger partial charge in [-0.25, -0.2) is 0 Å². The van der Waals surface area contributed by atoms with Crippen LogP contribution in [-0.2, 0) is 16.1 Å². The monoisotopic (exact) mass is 224 g/mol. The Bertz CT molecular complexity index is 340. The number of hydrogen-bond acceptors (Lipinski definition) is 4. The maximum absolute atomic E-state index is 5.92. The normalized spacial score (nSPS) is 10.7. The van der Waals surface area contributed by atoms with E-state index < -0.39 is 0 Å². The van der Waals surface area contributed by atoms with Crippen LogP contribution in [0.15, 0.2) is 6.20 Å². The summed E-state index contributed by atoms with van der Waals surface area (Å²) in [6.45, 7) is 5.85. The minimum Gasteiger partial charge on any atom is -0.398 e. The second kappa shape index (κ2) is 6.45. The molecule has 0 atom stereocenters. The Labute approximate surface area is 96.8 Å². The Hall–Kier alpha value is -1.13. The Kier molecular flexibility index (Phi) is 5.22. The molecule has 1 heterocycles. The minimum atomic E-state index is 0.514. The van der Waals surface area contributed by atoms with Gasteiger partial charge >= 0.3 is 0 Å². The third-order valence-corrected chi connectivity index (χ3v) is 2.55. The van der Waals surface area contributed by atoms with E-state index in [1.54, 1.807) is 13.3 Å². The highest BCUT2D eigenvalue weighted by Gasteiger charge is 2.05. The molecule has 0 unspecified atom stereocenters. The summed E-state index contributed by atoms with van der Waals surface area (Å²) in [7, 11) is 1.69. The molecule has 0 radical (unpaired) electrons. The molecule has 0 amide bonds. The fraction of sp³-hybridized carbons (Fsp3) is 0.583. The maximum Gasteiger partial charge on any atom is 0.0891 e. The first-order chi connectivity index (χ1) is 7.66. The molecule has 16 heavy (non-hydrogen) atoms. The molecule has 0 aliphatic heterocycles. The Morgan fingerprint density at radius 2 is 2.06 bits per heavy atom. The van der Waals surface area contributed by atoms with Gasteiger partial charge in [-0.15, -0.1) is 0 Å². The standard InChI is InChI=1S/C12H20N2O2/c1-9-7-14-11(10(2)12(9)13)8-16-6-4-5-15-3/h7H,4-6,8H2,1-3H3,(H2,13,14). The zero-order chi connectivity index (χ0) is 12.0. The van der Waals surface area contributed by atoms with Crippen LogP contribution in [-0.4, -0.2) is 25.3 Å². The van der Waals surface area contributed by atoms with E-state index in [4.69, 9.17) is 15.2 Å². The first kappa shape index (κ1) is 12.9. The number of rotatable bonds is 6. The van der Waals surface area contributed by atoms with Gasteiger partial charge in [-0.2, -0.15) is 0 Å². The summed E-state index contributed by atoms with van der Waals surface area (Å²) in [5.74, 6) is 0. The summed E-state index contributed by atoms with van der Waals surface area (Å²) >= 11 is 0. The van der Waals surface area contributed by atoms with Crippen molar-refractivity contribution in [3.8, 4) is 0 Å². The lowest BCUT2D eigenvalue weighted by molar-refractivity contribution is 0.0908. The molecule has 0 fully saturated rings. The number of nitrogens with zero attached hydrogens (tertiary/aromatic N) is 1. The van der Waals surface area contributed by atoms with Crippen LogP contribution in [0, 0.1) is 13.8 Å². The van der Waals surface area contributed by atoms with Gasteiger partial charge in [0.15, 0.2) is 0 Å². The van der Waals surface area contributed by atoms with Gasteiger partial charge in [-0.3, -0.25) is 4.98 Å². The molecule has 0 aliphatic carbocycles. The Balaban J connectivity index is 2.45. The molecule has 0 saturated carbocycles. The maximum atomic E-state index is 5.92. The van der Waals surface area contributed by atoms with Gasteiger partial charge in [0, 0.05) is 32.2 Å². The van der Waals surface area contributed by atoms with Crippen molar-refractivity contribution in [2.24, 2.45) is 0 Å². The molecule has 1 aromatic heterocycles. The van der Waals surface area contributed by atoms with Crippen molar-refractivity contribution in [1.82, 2.24) is 4.98 Å². The average molecular weight is 224 g/mol. The number of hydrogen-bond donors (Lipinski definition) is 1. The summed E-state index contributed by atoms with van der Waals surface area (Å²) < 4.78 is 10.4. The molecule has 0 spiro atoms. The minimum absolute atomic E-state index is 0.514. The largest absolute Gasteiger partial charge is 0.398 e. The zero-order valence-electron chi connectivity index (χ0n) is 10.2. The fourth-order valence-electron chi connectivity index (χ4n) is 1.41. The van der Waals surface area contributed by atoms with Crippen LogP contribution < -0.4 is 5.73 Å².